The molecule has 0 spiro atoms. The van der Waals surface area contributed by atoms with Crippen molar-refractivity contribution in [1.82, 2.24) is 9.55 Å². The summed E-state index contributed by atoms with van der Waals surface area (Å²) in [4.78, 5) is 20.9. The van der Waals surface area contributed by atoms with Gasteiger partial charge in [-0.2, -0.15) is 0 Å². The van der Waals surface area contributed by atoms with Crippen molar-refractivity contribution >= 4 is 35.4 Å². The van der Waals surface area contributed by atoms with Crippen molar-refractivity contribution in [3.63, 3.8) is 0 Å². The number of aromatic nitrogens is 2. The molecule has 2 heterocycles. The second kappa shape index (κ2) is 8.00. The van der Waals surface area contributed by atoms with E-state index in [2.05, 4.69) is 4.98 Å². The molecule has 0 aliphatic carbocycles. The molecular weight excluding hydrogens is 422 g/mol. The van der Waals surface area contributed by atoms with Gasteiger partial charge >= 0.3 is 0 Å². The molecule has 0 saturated heterocycles. The van der Waals surface area contributed by atoms with Crippen molar-refractivity contribution < 1.29 is 14.9 Å². The molecule has 30 heavy (non-hydrogen) atoms. The third-order valence-corrected chi connectivity index (χ3v) is 6.62. The Bertz CT molecular complexity index is 1280. The Morgan fingerprint density at radius 1 is 1.27 bits per heavy atom. The van der Waals surface area contributed by atoms with Gasteiger partial charge in [-0.05, 0) is 42.0 Å². The van der Waals surface area contributed by atoms with Crippen molar-refractivity contribution in [1.29, 1.82) is 0 Å². The minimum absolute atomic E-state index is 0.0363. The summed E-state index contributed by atoms with van der Waals surface area (Å²) in [6.07, 6.45) is 0.360. The average Bonchev–Trinajstić information content (AvgIpc) is 2.91. The largest absolute Gasteiger partial charge is 0.504 e. The molecule has 154 valence electrons. The van der Waals surface area contributed by atoms with Crippen LogP contribution in [-0.4, -0.2) is 32.6 Å². The molecule has 7 nitrogen and oxygen atoms in total. The summed E-state index contributed by atoms with van der Waals surface area (Å²) >= 11 is 6.66. The number of nitrogens with zero attached hydrogens (tertiary/aromatic N) is 2. The van der Waals surface area contributed by atoms with E-state index in [1.165, 1.54) is 11.7 Å². The monoisotopic (exact) mass is 441 g/mol. The van der Waals surface area contributed by atoms with Gasteiger partial charge in [-0.1, -0.05) is 18.2 Å². The predicted octanol–water partition coefficient (Wildman–Crippen LogP) is 4.22. The number of hydrogen-bond donors (Lipinski definition) is 3. The van der Waals surface area contributed by atoms with Crippen LogP contribution in [0.25, 0.3) is 0 Å². The Kier molecular flexibility index (Phi) is 5.40. The number of rotatable bonds is 3. The van der Waals surface area contributed by atoms with Gasteiger partial charge < -0.3 is 14.9 Å². The van der Waals surface area contributed by atoms with E-state index in [0.29, 0.717) is 23.6 Å². The number of hydrogen-bond acceptors (Lipinski definition) is 7. The first-order valence-corrected chi connectivity index (χ1v) is 10.4. The van der Waals surface area contributed by atoms with Gasteiger partial charge in [0.1, 0.15) is 5.56 Å². The quantitative estimate of drug-likeness (QED) is 0.526. The number of H-pyrrole nitrogens is 1. The lowest BCUT2D eigenvalue weighted by atomic mass is 10.0. The molecule has 1 atom stereocenters. The van der Waals surface area contributed by atoms with Gasteiger partial charge in [-0.3, -0.25) is 19.3 Å². The van der Waals surface area contributed by atoms with E-state index in [-0.39, 0.29) is 27.2 Å². The van der Waals surface area contributed by atoms with E-state index >= 15 is 0 Å². The normalized spacial score (nSPS) is 15.8. The zero-order valence-corrected chi connectivity index (χ0v) is 17.9. The van der Waals surface area contributed by atoms with Gasteiger partial charge in [0.15, 0.2) is 16.3 Å². The molecule has 0 radical (unpaired) electrons. The fourth-order valence-electron chi connectivity index (χ4n) is 3.33. The van der Waals surface area contributed by atoms with Crippen LogP contribution in [0.4, 0.5) is 5.69 Å². The summed E-state index contributed by atoms with van der Waals surface area (Å²) in [7, 11) is 3.07. The second-order valence-corrected chi connectivity index (χ2v) is 8.42. The summed E-state index contributed by atoms with van der Waals surface area (Å²) in [5.41, 5.74) is 1.60. The van der Waals surface area contributed by atoms with Crippen LogP contribution in [-0.2, 0) is 7.05 Å². The number of benzene rings is 2. The molecule has 1 aliphatic heterocycles. The summed E-state index contributed by atoms with van der Waals surface area (Å²) < 4.78 is 6.61. The van der Waals surface area contributed by atoms with Crippen LogP contribution in [0.5, 0.6) is 17.4 Å². The van der Waals surface area contributed by atoms with Crippen LogP contribution in [0.2, 0.25) is 0 Å². The predicted molar refractivity (Wildman–Crippen MR) is 119 cm³/mol. The van der Waals surface area contributed by atoms with E-state index in [1.54, 1.807) is 30.9 Å². The molecule has 2 aromatic carbocycles. The van der Waals surface area contributed by atoms with E-state index < -0.39 is 5.56 Å². The highest BCUT2D eigenvalue weighted by atomic mass is 32.2. The topological polar surface area (TPSA) is 99.8 Å². The number of nitrogens with one attached hydrogen (secondary N) is 1. The van der Waals surface area contributed by atoms with Crippen LogP contribution in [0.1, 0.15) is 22.8 Å². The smallest absolute Gasteiger partial charge is 0.264 e. The molecule has 0 saturated carbocycles. The maximum atomic E-state index is 12.7. The fourth-order valence-corrected chi connectivity index (χ4v) is 4.73. The first-order chi connectivity index (χ1) is 14.4. The molecule has 1 aromatic heterocycles. The molecule has 3 N–H and O–H groups in total. The van der Waals surface area contributed by atoms with Gasteiger partial charge in [0.25, 0.3) is 5.56 Å². The highest BCUT2D eigenvalue weighted by Gasteiger charge is 2.27. The molecule has 1 unspecified atom stereocenters. The molecule has 0 bridgehead atoms. The summed E-state index contributed by atoms with van der Waals surface area (Å²) in [6.45, 7) is 0. The number of aromatic amines is 1. The number of para-hydroxylation sites is 1. The Morgan fingerprint density at radius 3 is 2.77 bits per heavy atom. The minimum Gasteiger partial charge on any atom is -0.504 e. The van der Waals surface area contributed by atoms with Crippen LogP contribution in [0.3, 0.4) is 0 Å². The molecule has 3 aromatic rings. The third kappa shape index (κ3) is 3.61. The lowest BCUT2D eigenvalue weighted by molar-refractivity contribution is 0.373. The number of thioether (sulfide) groups is 1. The second-order valence-electron chi connectivity index (χ2n) is 6.79. The summed E-state index contributed by atoms with van der Waals surface area (Å²) in [6, 6.07) is 12.8. The van der Waals surface area contributed by atoms with E-state index in [0.717, 1.165) is 10.5 Å². The van der Waals surface area contributed by atoms with Gasteiger partial charge in [0.05, 0.1) is 18.5 Å². The molecule has 9 heteroatoms. The van der Waals surface area contributed by atoms with E-state index in [9.17, 15) is 15.0 Å². The zero-order chi connectivity index (χ0) is 21.4. The van der Waals surface area contributed by atoms with Crippen LogP contribution < -0.4 is 10.3 Å². The number of aliphatic imine (C=N–C) groups is 1. The average molecular weight is 442 g/mol. The number of aromatic hydroxyl groups is 2. The third-order valence-electron chi connectivity index (χ3n) is 4.93. The van der Waals surface area contributed by atoms with Gasteiger partial charge in [-0.25, -0.2) is 0 Å². The maximum absolute atomic E-state index is 12.7. The van der Waals surface area contributed by atoms with Crippen molar-refractivity contribution in [3.05, 3.63) is 68.7 Å². The van der Waals surface area contributed by atoms with Crippen LogP contribution >= 0.6 is 24.0 Å². The Labute approximate surface area is 181 Å². The molecule has 1 aliphatic rings. The lowest BCUT2D eigenvalue weighted by Crippen LogP contribution is -2.23. The zero-order valence-electron chi connectivity index (χ0n) is 16.2. The van der Waals surface area contributed by atoms with Crippen molar-refractivity contribution in [2.75, 3.05) is 7.11 Å². The molecule has 0 amide bonds. The number of phenols is 1. The Balaban J connectivity index is 1.88. The number of ether oxygens (including phenoxy) is 1. The number of phenolic OH excluding ortho intramolecular Hbond substituents is 1. The highest BCUT2D eigenvalue weighted by Crippen LogP contribution is 2.46. The Hall–Kier alpha value is -3.04. The molecular formula is C21H19N3O4S2. The van der Waals surface area contributed by atoms with Crippen LogP contribution in [0, 0.1) is 4.77 Å². The first kappa shape index (κ1) is 20.2. The van der Waals surface area contributed by atoms with Crippen molar-refractivity contribution in [2.45, 2.75) is 16.6 Å². The van der Waals surface area contributed by atoms with Crippen molar-refractivity contribution in [3.8, 4) is 17.4 Å². The first-order valence-electron chi connectivity index (χ1n) is 9.12. The highest BCUT2D eigenvalue weighted by molar-refractivity contribution is 7.99. The van der Waals surface area contributed by atoms with Gasteiger partial charge in [0, 0.05) is 23.6 Å². The van der Waals surface area contributed by atoms with Crippen LogP contribution in [0.15, 0.2) is 57.1 Å². The minimum atomic E-state index is -0.491. The summed E-state index contributed by atoms with van der Waals surface area (Å²) in [5, 5.41) is 20.7. The molecule has 0 fully saturated rings. The SMILES string of the molecule is COc1ccc(C2CC(c3c(O)n(C)c(=S)[nH]c3=O)=Nc3ccccc3S2)cc1O. The standard InChI is InChI=1S/C21H19N3O4S2/c1-24-20(27)18(19(26)23-21(24)29)13-10-17(11-7-8-15(28-2)14(25)9-11)30-16-6-4-3-5-12(16)22-13/h3-9,17,25,27H,10H2,1-2H3,(H,23,26,29). The van der Waals surface area contributed by atoms with Gasteiger partial charge in [0.2, 0.25) is 5.88 Å². The van der Waals surface area contributed by atoms with E-state index in [4.69, 9.17) is 21.9 Å². The lowest BCUT2D eigenvalue weighted by Gasteiger charge is -2.17. The summed E-state index contributed by atoms with van der Waals surface area (Å²) in [5.74, 6) is 0.186. The number of methoxy groups -OCH3 is 1. The van der Waals surface area contributed by atoms with Crippen molar-refractivity contribution in [2.24, 2.45) is 12.0 Å². The maximum Gasteiger partial charge on any atom is 0.264 e. The Morgan fingerprint density at radius 2 is 2.03 bits per heavy atom. The van der Waals surface area contributed by atoms with E-state index in [1.807, 2.05) is 30.3 Å². The fraction of sp³-hybridized carbons (Fsp3) is 0.190. The van der Waals surface area contributed by atoms with Gasteiger partial charge in [-0.15, -0.1) is 11.8 Å². The molecule has 4 rings (SSSR count). The number of fused-ring (bicyclic) bond motifs is 1.